The molecule has 0 unspecified atom stereocenters. The highest BCUT2D eigenvalue weighted by Crippen LogP contribution is 2.26. The first-order valence-electron chi connectivity index (χ1n) is 5.70. The molecule has 0 fully saturated rings. The molecule has 1 aromatic heterocycles. The SMILES string of the molecule is N#Cc1ccc(Cl)cc1-n1c(=S)[nH]c2ccc(Cl)cc21. The highest BCUT2D eigenvalue weighted by Gasteiger charge is 2.11. The number of hydrogen-bond donors (Lipinski definition) is 1. The van der Waals surface area contributed by atoms with Gasteiger partial charge in [0.1, 0.15) is 6.07 Å². The molecule has 0 bridgehead atoms. The van der Waals surface area contributed by atoms with Gasteiger partial charge in [0.15, 0.2) is 4.77 Å². The van der Waals surface area contributed by atoms with E-state index in [4.69, 9.17) is 35.4 Å². The predicted octanol–water partition coefficient (Wildman–Crippen LogP) is 4.87. The summed E-state index contributed by atoms with van der Waals surface area (Å²) in [6, 6.07) is 12.6. The quantitative estimate of drug-likeness (QED) is 0.650. The molecular formula is C14H7Cl2N3S. The minimum Gasteiger partial charge on any atom is -0.330 e. The molecule has 0 radical (unpaired) electrons. The minimum absolute atomic E-state index is 0.487. The van der Waals surface area contributed by atoms with Gasteiger partial charge in [-0.2, -0.15) is 5.26 Å². The van der Waals surface area contributed by atoms with Gasteiger partial charge in [-0.1, -0.05) is 23.2 Å². The van der Waals surface area contributed by atoms with E-state index < -0.39 is 0 Å². The second-order valence-corrected chi connectivity index (χ2v) is 5.46. The Bertz CT molecular complexity index is 918. The molecule has 1 N–H and O–H groups in total. The number of H-pyrrole nitrogens is 1. The van der Waals surface area contributed by atoms with Crippen molar-refractivity contribution < 1.29 is 0 Å². The van der Waals surface area contributed by atoms with Crippen LogP contribution in [0.1, 0.15) is 5.56 Å². The van der Waals surface area contributed by atoms with Gasteiger partial charge in [0.2, 0.25) is 0 Å². The molecule has 3 rings (SSSR count). The first kappa shape index (κ1) is 13.2. The van der Waals surface area contributed by atoms with Gasteiger partial charge in [0.25, 0.3) is 0 Å². The maximum absolute atomic E-state index is 9.25. The van der Waals surface area contributed by atoms with Crippen LogP contribution in [0.15, 0.2) is 36.4 Å². The van der Waals surface area contributed by atoms with Gasteiger partial charge in [-0.3, -0.25) is 4.57 Å². The standard InChI is InChI=1S/C14H7Cl2N3S/c15-9-2-1-8(7-17)12(5-9)19-13-6-10(16)3-4-11(13)18-14(19)20/h1-6H,(H,18,20). The fraction of sp³-hybridized carbons (Fsp3) is 0. The lowest BCUT2D eigenvalue weighted by molar-refractivity contribution is 1.06. The lowest BCUT2D eigenvalue weighted by atomic mass is 10.2. The molecule has 0 spiro atoms. The average molecular weight is 320 g/mol. The van der Waals surface area contributed by atoms with Crippen LogP contribution in [0.5, 0.6) is 0 Å². The largest absolute Gasteiger partial charge is 0.330 e. The lowest BCUT2D eigenvalue weighted by Gasteiger charge is -2.07. The van der Waals surface area contributed by atoms with E-state index in [1.165, 1.54) is 0 Å². The highest BCUT2D eigenvalue weighted by molar-refractivity contribution is 7.71. The zero-order chi connectivity index (χ0) is 14.3. The number of hydrogen-bond acceptors (Lipinski definition) is 2. The monoisotopic (exact) mass is 319 g/mol. The molecule has 2 aromatic carbocycles. The zero-order valence-corrected chi connectivity index (χ0v) is 12.4. The number of benzene rings is 2. The van der Waals surface area contributed by atoms with Crippen molar-refractivity contribution in [2.45, 2.75) is 0 Å². The Morgan fingerprint density at radius 1 is 1.10 bits per heavy atom. The van der Waals surface area contributed by atoms with Crippen LogP contribution in [0, 0.1) is 16.1 Å². The van der Waals surface area contributed by atoms with Crippen molar-refractivity contribution in [3.63, 3.8) is 0 Å². The van der Waals surface area contributed by atoms with Gasteiger partial charge in [-0.05, 0) is 48.6 Å². The van der Waals surface area contributed by atoms with Crippen LogP contribution in [0.4, 0.5) is 0 Å². The maximum atomic E-state index is 9.25. The van der Waals surface area contributed by atoms with Gasteiger partial charge in [-0.25, -0.2) is 0 Å². The number of halogens is 2. The molecule has 3 nitrogen and oxygen atoms in total. The molecule has 0 aliphatic carbocycles. The summed E-state index contributed by atoms with van der Waals surface area (Å²) < 4.78 is 2.25. The van der Waals surface area contributed by atoms with Crippen molar-refractivity contribution in [1.82, 2.24) is 9.55 Å². The summed E-state index contributed by atoms with van der Waals surface area (Å²) in [7, 11) is 0. The normalized spacial score (nSPS) is 10.7. The fourth-order valence-corrected chi connectivity index (χ4v) is 2.74. The van der Waals surface area contributed by atoms with E-state index in [2.05, 4.69) is 11.1 Å². The summed E-state index contributed by atoms with van der Waals surface area (Å²) >= 11 is 17.4. The Hall–Kier alpha value is -1.80. The van der Waals surface area contributed by atoms with Crippen molar-refractivity contribution in [2.75, 3.05) is 0 Å². The van der Waals surface area contributed by atoms with Gasteiger partial charge in [0.05, 0.1) is 22.3 Å². The zero-order valence-electron chi connectivity index (χ0n) is 10.0. The number of aromatic nitrogens is 2. The molecule has 0 saturated carbocycles. The summed E-state index contributed by atoms with van der Waals surface area (Å²) in [4.78, 5) is 3.09. The van der Waals surface area contributed by atoms with Crippen LogP contribution in [-0.2, 0) is 0 Å². The Balaban J connectivity index is 2.44. The highest BCUT2D eigenvalue weighted by atomic mass is 35.5. The fourth-order valence-electron chi connectivity index (χ4n) is 2.10. The first-order chi connectivity index (χ1) is 9.60. The van der Waals surface area contributed by atoms with Gasteiger partial charge < -0.3 is 4.98 Å². The molecule has 20 heavy (non-hydrogen) atoms. The van der Waals surface area contributed by atoms with E-state index >= 15 is 0 Å². The summed E-state index contributed by atoms with van der Waals surface area (Å²) in [6.45, 7) is 0. The maximum Gasteiger partial charge on any atom is 0.182 e. The Morgan fingerprint density at radius 2 is 1.80 bits per heavy atom. The van der Waals surface area contributed by atoms with Crippen LogP contribution in [0.25, 0.3) is 16.7 Å². The number of rotatable bonds is 1. The molecule has 0 amide bonds. The molecule has 0 aliphatic rings. The van der Waals surface area contributed by atoms with E-state index in [0.29, 0.717) is 26.1 Å². The van der Waals surface area contributed by atoms with Crippen molar-refractivity contribution in [3.05, 3.63) is 56.8 Å². The molecule has 6 heteroatoms. The van der Waals surface area contributed by atoms with Gasteiger partial charge in [0, 0.05) is 10.0 Å². The van der Waals surface area contributed by atoms with Crippen LogP contribution in [0.2, 0.25) is 10.0 Å². The van der Waals surface area contributed by atoms with Gasteiger partial charge in [-0.15, -0.1) is 0 Å². The number of fused-ring (bicyclic) bond motifs is 1. The van der Waals surface area contributed by atoms with Crippen LogP contribution in [-0.4, -0.2) is 9.55 Å². The molecule has 0 atom stereocenters. The smallest absolute Gasteiger partial charge is 0.182 e. The van der Waals surface area contributed by atoms with Crippen molar-refractivity contribution in [2.24, 2.45) is 0 Å². The number of nitrogens with one attached hydrogen (secondary N) is 1. The van der Waals surface area contributed by atoms with E-state index in [1.54, 1.807) is 34.9 Å². The molecule has 0 aliphatic heterocycles. The summed E-state index contributed by atoms with van der Waals surface area (Å²) in [5.74, 6) is 0. The third kappa shape index (κ3) is 2.10. The third-order valence-corrected chi connectivity index (χ3v) is 3.72. The third-order valence-electron chi connectivity index (χ3n) is 2.97. The van der Waals surface area contributed by atoms with Crippen LogP contribution >= 0.6 is 35.4 Å². The molecule has 3 aromatic rings. The minimum atomic E-state index is 0.487. The number of nitrogens with zero attached hydrogens (tertiary/aromatic N) is 2. The molecule has 1 heterocycles. The van der Waals surface area contributed by atoms with Crippen LogP contribution < -0.4 is 0 Å². The van der Waals surface area contributed by atoms with E-state index in [1.807, 2.05) is 6.07 Å². The predicted molar refractivity (Wildman–Crippen MR) is 83.2 cm³/mol. The van der Waals surface area contributed by atoms with Crippen LogP contribution in [0.3, 0.4) is 0 Å². The second kappa shape index (κ2) is 4.95. The van der Waals surface area contributed by atoms with E-state index in [-0.39, 0.29) is 0 Å². The first-order valence-corrected chi connectivity index (χ1v) is 6.87. The Morgan fingerprint density at radius 3 is 2.55 bits per heavy atom. The molecule has 98 valence electrons. The Kier molecular flexibility index (Phi) is 3.27. The second-order valence-electron chi connectivity index (χ2n) is 4.20. The lowest BCUT2D eigenvalue weighted by Crippen LogP contribution is -1.97. The van der Waals surface area contributed by atoms with E-state index in [0.717, 1.165) is 11.0 Å². The Labute approximate surface area is 130 Å². The molecule has 0 saturated heterocycles. The molecular weight excluding hydrogens is 313 g/mol. The summed E-state index contributed by atoms with van der Waals surface area (Å²) in [5.41, 5.74) is 2.79. The number of aromatic amines is 1. The van der Waals surface area contributed by atoms with Crippen molar-refractivity contribution in [1.29, 1.82) is 5.26 Å². The average Bonchev–Trinajstić information content (AvgIpc) is 2.74. The van der Waals surface area contributed by atoms with Crippen molar-refractivity contribution in [3.8, 4) is 11.8 Å². The topological polar surface area (TPSA) is 44.5 Å². The summed E-state index contributed by atoms with van der Waals surface area (Å²) in [5, 5.41) is 10.4. The number of imidazole rings is 1. The number of nitriles is 1. The summed E-state index contributed by atoms with van der Waals surface area (Å²) in [6.07, 6.45) is 0. The van der Waals surface area contributed by atoms with Gasteiger partial charge >= 0.3 is 0 Å². The van der Waals surface area contributed by atoms with E-state index in [9.17, 15) is 5.26 Å². The van der Waals surface area contributed by atoms with Crippen molar-refractivity contribution >= 4 is 46.5 Å².